The van der Waals surface area contributed by atoms with Crippen molar-refractivity contribution in [1.82, 2.24) is 10.3 Å². The van der Waals surface area contributed by atoms with Gasteiger partial charge in [-0.25, -0.2) is 9.24 Å². The fourth-order valence-corrected chi connectivity index (χ4v) is 4.54. The number of halogens is 1. The first-order valence-electron chi connectivity index (χ1n) is 10.8. The smallest absolute Gasteiger partial charge is 0.259 e. The summed E-state index contributed by atoms with van der Waals surface area (Å²) in [5, 5.41) is 3.50. The number of nitrogens with one attached hydrogen (secondary N) is 1. The van der Waals surface area contributed by atoms with E-state index in [0.717, 1.165) is 11.1 Å². The molecule has 1 aliphatic heterocycles. The molecule has 2 heterocycles. The Hall–Kier alpha value is -3.67. The van der Waals surface area contributed by atoms with E-state index in [9.17, 15) is 4.79 Å². The molecule has 0 radical (unpaired) electrons. The summed E-state index contributed by atoms with van der Waals surface area (Å²) >= 11 is 5.69. The number of anilines is 2. The summed E-state index contributed by atoms with van der Waals surface area (Å²) in [5.41, 5.74) is 2.96. The van der Waals surface area contributed by atoms with Crippen molar-refractivity contribution in [1.29, 1.82) is 0 Å². The Labute approximate surface area is 203 Å². The lowest BCUT2D eigenvalue weighted by molar-refractivity contribution is -0.120. The molecule has 0 bridgehead atoms. The number of nitrogens with zero attached hydrogens (tertiary/aromatic N) is 4. The van der Waals surface area contributed by atoms with Gasteiger partial charge >= 0.3 is 0 Å². The number of aromatic nitrogens is 1. The van der Waals surface area contributed by atoms with Gasteiger partial charge in [0.1, 0.15) is 11.4 Å². The zero-order valence-corrected chi connectivity index (χ0v) is 20.0. The average molecular weight is 474 g/mol. The number of carbonyl (C=O) groups is 1. The number of benzene rings is 2. The van der Waals surface area contributed by atoms with E-state index in [4.69, 9.17) is 18.8 Å². The second-order valence-corrected chi connectivity index (χ2v) is 9.00. The van der Waals surface area contributed by atoms with E-state index < -0.39 is 5.54 Å². The SMILES string of the molecule is [C-]#[N+]c1ccc(N2C(=O)C(C)(C)N(c3ccc(CNCc4ccncc4)c(F)c3)C2=S)cc1C. The number of amides is 1. The van der Waals surface area contributed by atoms with Crippen molar-refractivity contribution in [2.45, 2.75) is 39.4 Å². The number of hydrogen-bond donors (Lipinski definition) is 1. The maximum absolute atomic E-state index is 15.0. The van der Waals surface area contributed by atoms with Crippen molar-refractivity contribution in [3.63, 3.8) is 0 Å². The zero-order valence-electron chi connectivity index (χ0n) is 19.2. The fraction of sp³-hybridized carbons (Fsp3) is 0.231. The minimum Gasteiger partial charge on any atom is -0.309 e. The maximum Gasteiger partial charge on any atom is 0.259 e. The molecule has 0 saturated carbocycles. The summed E-state index contributed by atoms with van der Waals surface area (Å²) in [6, 6.07) is 13.9. The van der Waals surface area contributed by atoms with Gasteiger partial charge in [-0.15, -0.1) is 0 Å². The van der Waals surface area contributed by atoms with Crippen molar-refractivity contribution in [3.05, 3.63) is 94.8 Å². The Morgan fingerprint density at radius 2 is 1.79 bits per heavy atom. The van der Waals surface area contributed by atoms with E-state index in [-0.39, 0.29) is 16.8 Å². The van der Waals surface area contributed by atoms with Crippen molar-refractivity contribution in [3.8, 4) is 0 Å². The van der Waals surface area contributed by atoms with Crippen molar-refractivity contribution < 1.29 is 9.18 Å². The van der Waals surface area contributed by atoms with Gasteiger partial charge in [0.2, 0.25) is 0 Å². The van der Waals surface area contributed by atoms with Crippen LogP contribution in [0.3, 0.4) is 0 Å². The van der Waals surface area contributed by atoms with E-state index in [1.54, 1.807) is 61.5 Å². The Kier molecular flexibility index (Phi) is 6.42. The van der Waals surface area contributed by atoms with Crippen LogP contribution in [0.15, 0.2) is 60.9 Å². The molecule has 0 unspecified atom stereocenters. The first-order chi connectivity index (χ1) is 16.2. The molecule has 0 atom stereocenters. The average Bonchev–Trinajstić information content (AvgIpc) is 2.99. The third-order valence-electron chi connectivity index (χ3n) is 5.92. The second-order valence-electron chi connectivity index (χ2n) is 8.63. The molecule has 4 rings (SSSR count). The van der Waals surface area contributed by atoms with Gasteiger partial charge in [-0.2, -0.15) is 0 Å². The monoisotopic (exact) mass is 473 g/mol. The number of pyridine rings is 1. The van der Waals surface area contributed by atoms with E-state index >= 15 is 4.39 Å². The minimum atomic E-state index is -1.00. The van der Waals surface area contributed by atoms with Crippen LogP contribution >= 0.6 is 12.2 Å². The molecule has 3 aromatic rings. The van der Waals surface area contributed by atoms with Crippen LogP contribution in [0.25, 0.3) is 4.85 Å². The molecule has 1 N–H and O–H groups in total. The van der Waals surface area contributed by atoms with Gasteiger partial charge in [0.25, 0.3) is 5.91 Å². The van der Waals surface area contributed by atoms with Crippen LogP contribution in [-0.2, 0) is 17.9 Å². The highest BCUT2D eigenvalue weighted by molar-refractivity contribution is 7.81. The fourth-order valence-electron chi connectivity index (χ4n) is 4.02. The molecule has 8 heteroatoms. The van der Waals surface area contributed by atoms with Gasteiger partial charge in [-0.05, 0) is 80.5 Å². The Morgan fingerprint density at radius 1 is 1.09 bits per heavy atom. The summed E-state index contributed by atoms with van der Waals surface area (Å²) in [4.78, 5) is 23.9. The third-order valence-corrected chi connectivity index (χ3v) is 6.28. The predicted molar refractivity (Wildman–Crippen MR) is 135 cm³/mol. The van der Waals surface area contributed by atoms with Crippen LogP contribution in [0.4, 0.5) is 21.5 Å². The van der Waals surface area contributed by atoms with Crippen molar-refractivity contribution in [2.24, 2.45) is 0 Å². The van der Waals surface area contributed by atoms with Gasteiger partial charge in [-0.1, -0.05) is 12.1 Å². The Morgan fingerprint density at radius 3 is 2.44 bits per heavy atom. The lowest BCUT2D eigenvalue weighted by atomic mass is 10.0. The maximum atomic E-state index is 15.0. The molecule has 0 aliphatic carbocycles. The highest BCUT2D eigenvalue weighted by atomic mass is 32.1. The molecule has 6 nitrogen and oxygen atoms in total. The topological polar surface area (TPSA) is 52.8 Å². The summed E-state index contributed by atoms with van der Waals surface area (Å²) in [7, 11) is 0. The second kappa shape index (κ2) is 9.29. The first-order valence-corrected chi connectivity index (χ1v) is 11.2. The number of thiocarbonyl (C=S) groups is 1. The normalized spacial score (nSPS) is 15.0. The van der Waals surface area contributed by atoms with Crippen LogP contribution in [0.1, 0.15) is 30.5 Å². The predicted octanol–water partition coefficient (Wildman–Crippen LogP) is 5.29. The van der Waals surface area contributed by atoms with Crippen LogP contribution in [0.5, 0.6) is 0 Å². The molecule has 1 saturated heterocycles. The van der Waals surface area contributed by atoms with Crippen LogP contribution < -0.4 is 15.1 Å². The van der Waals surface area contributed by atoms with Crippen LogP contribution in [0.2, 0.25) is 0 Å². The van der Waals surface area contributed by atoms with Crippen molar-refractivity contribution in [2.75, 3.05) is 9.80 Å². The lowest BCUT2D eigenvalue weighted by Crippen LogP contribution is -2.44. The number of carbonyl (C=O) groups excluding carboxylic acids is 1. The molecule has 34 heavy (non-hydrogen) atoms. The quantitative estimate of drug-likeness (QED) is 0.390. The third kappa shape index (κ3) is 4.28. The van der Waals surface area contributed by atoms with Crippen molar-refractivity contribution >= 4 is 40.3 Å². The summed E-state index contributed by atoms with van der Waals surface area (Å²) in [5.74, 6) is -0.586. The Balaban J connectivity index is 1.56. The standard InChI is InChI=1S/C26H24FN5OS/c1-17-13-20(7-8-23(17)28-4)31-24(33)26(2,3)32(25(31)34)21-6-5-19(22(27)14-21)16-30-15-18-9-11-29-12-10-18/h5-14,30H,15-16H2,1-3H3. The lowest BCUT2D eigenvalue weighted by Gasteiger charge is -2.29. The molecule has 1 fully saturated rings. The summed E-state index contributed by atoms with van der Waals surface area (Å²) < 4.78 is 15.0. The van der Waals surface area contributed by atoms with E-state index in [0.29, 0.717) is 35.7 Å². The van der Waals surface area contributed by atoms with Crippen LogP contribution in [-0.4, -0.2) is 21.5 Å². The Bertz CT molecular complexity index is 1300. The largest absolute Gasteiger partial charge is 0.309 e. The van der Waals surface area contributed by atoms with E-state index in [1.165, 1.54) is 11.0 Å². The first kappa shape index (κ1) is 23.5. The molecule has 1 aliphatic rings. The minimum absolute atomic E-state index is 0.212. The van der Waals surface area contributed by atoms with Gasteiger partial charge in [0.15, 0.2) is 10.8 Å². The van der Waals surface area contributed by atoms with E-state index in [1.807, 2.05) is 19.1 Å². The summed E-state index contributed by atoms with van der Waals surface area (Å²) in [6.07, 6.45) is 3.44. The van der Waals surface area contributed by atoms with Gasteiger partial charge in [0, 0.05) is 42.4 Å². The van der Waals surface area contributed by atoms with Crippen LogP contribution in [0, 0.1) is 19.3 Å². The molecule has 1 aromatic heterocycles. The number of hydrogen-bond acceptors (Lipinski definition) is 4. The molecule has 1 amide bonds. The zero-order chi connectivity index (χ0) is 24.5. The molecule has 0 spiro atoms. The highest BCUT2D eigenvalue weighted by Gasteiger charge is 2.50. The summed E-state index contributed by atoms with van der Waals surface area (Å²) in [6.45, 7) is 13.6. The van der Waals surface area contributed by atoms with E-state index in [2.05, 4.69) is 15.1 Å². The number of aryl methyl sites for hydroxylation is 1. The molecular formula is C26H24FN5OS. The van der Waals surface area contributed by atoms with Gasteiger partial charge < -0.3 is 10.2 Å². The molecule has 2 aromatic carbocycles. The van der Waals surface area contributed by atoms with Gasteiger partial charge in [-0.3, -0.25) is 14.7 Å². The molecular weight excluding hydrogens is 449 g/mol. The highest BCUT2D eigenvalue weighted by Crippen LogP contribution is 2.38. The van der Waals surface area contributed by atoms with Gasteiger partial charge in [0.05, 0.1) is 6.57 Å². The number of rotatable bonds is 6. The molecule has 172 valence electrons.